The Bertz CT molecular complexity index is 242. The van der Waals surface area contributed by atoms with E-state index in [1.165, 1.54) is 0 Å². The highest BCUT2D eigenvalue weighted by Crippen LogP contribution is 2.24. The van der Waals surface area contributed by atoms with Crippen LogP contribution in [-0.2, 0) is 9.53 Å². The molecule has 0 aliphatic rings. The van der Waals surface area contributed by atoms with Crippen LogP contribution in [0.25, 0.3) is 0 Å². The number of rotatable bonds is 8. The Labute approximate surface area is 110 Å². The quantitative estimate of drug-likeness (QED) is 0.656. The molecule has 0 saturated carbocycles. The topological polar surface area (TPSA) is 66.8 Å². The van der Waals surface area contributed by atoms with Crippen molar-refractivity contribution in [2.45, 2.75) is 72.2 Å². The third kappa shape index (κ3) is 4.94. The first-order valence-corrected chi connectivity index (χ1v) is 6.94. The summed E-state index contributed by atoms with van der Waals surface area (Å²) in [4.78, 5) is 11.3. The fraction of sp³-hybridized carbons (Fsp3) is 0.929. The van der Waals surface area contributed by atoms with E-state index in [-0.39, 0.29) is 23.9 Å². The van der Waals surface area contributed by atoms with Gasteiger partial charge in [0.1, 0.15) is 6.10 Å². The van der Waals surface area contributed by atoms with Crippen LogP contribution in [0.4, 0.5) is 0 Å². The van der Waals surface area contributed by atoms with Crippen molar-refractivity contribution in [2.75, 3.05) is 0 Å². The smallest absolute Gasteiger partial charge is 0.305 e. The van der Waals surface area contributed by atoms with Gasteiger partial charge in [0.25, 0.3) is 0 Å². The summed E-state index contributed by atoms with van der Waals surface area (Å²) in [5, 5.41) is 20.0. The van der Waals surface area contributed by atoms with Gasteiger partial charge in [-0.3, -0.25) is 4.79 Å². The molecule has 0 rings (SSSR count). The van der Waals surface area contributed by atoms with Gasteiger partial charge >= 0.3 is 5.97 Å². The Morgan fingerprint density at radius 2 is 1.61 bits per heavy atom. The van der Waals surface area contributed by atoms with Gasteiger partial charge in [-0.2, -0.15) is 0 Å². The molecule has 0 aromatic carbocycles. The van der Waals surface area contributed by atoms with Crippen LogP contribution in [0.1, 0.15) is 53.9 Å². The standard InChI is InChI=1S/C14H28O4/c1-6-11(15)9(4)14(17)10(5)12(7-2)18-13(16)8-3/h9-12,14-15,17H,6-8H2,1-5H3/t9-,10-,11-,12-,14-/m1/s1. The number of esters is 1. The highest BCUT2D eigenvalue weighted by molar-refractivity contribution is 5.69. The van der Waals surface area contributed by atoms with E-state index in [0.29, 0.717) is 19.3 Å². The van der Waals surface area contributed by atoms with E-state index in [9.17, 15) is 15.0 Å². The van der Waals surface area contributed by atoms with Gasteiger partial charge in [-0.05, 0) is 12.8 Å². The van der Waals surface area contributed by atoms with E-state index in [1.807, 2.05) is 27.7 Å². The third-order valence-corrected chi connectivity index (χ3v) is 3.66. The fourth-order valence-electron chi connectivity index (χ4n) is 2.11. The monoisotopic (exact) mass is 260 g/mol. The maximum absolute atomic E-state index is 11.3. The zero-order chi connectivity index (χ0) is 14.3. The molecule has 0 aromatic rings. The summed E-state index contributed by atoms with van der Waals surface area (Å²) in [5.41, 5.74) is 0. The predicted octanol–water partition coefficient (Wildman–Crippen LogP) is 2.12. The van der Waals surface area contributed by atoms with Gasteiger partial charge in [0, 0.05) is 18.3 Å². The van der Waals surface area contributed by atoms with Crippen molar-refractivity contribution in [2.24, 2.45) is 11.8 Å². The largest absolute Gasteiger partial charge is 0.462 e. The first-order chi connectivity index (χ1) is 8.38. The second-order valence-corrected chi connectivity index (χ2v) is 4.97. The van der Waals surface area contributed by atoms with E-state index in [4.69, 9.17) is 4.74 Å². The molecule has 0 aliphatic carbocycles. The zero-order valence-electron chi connectivity index (χ0n) is 12.2. The minimum Gasteiger partial charge on any atom is -0.462 e. The first-order valence-electron chi connectivity index (χ1n) is 6.94. The molecule has 0 spiro atoms. The van der Waals surface area contributed by atoms with Gasteiger partial charge in [-0.1, -0.05) is 34.6 Å². The van der Waals surface area contributed by atoms with Gasteiger partial charge in [-0.15, -0.1) is 0 Å². The molecule has 4 nitrogen and oxygen atoms in total. The Hall–Kier alpha value is -0.610. The molecule has 4 heteroatoms. The molecule has 0 fully saturated rings. The minimum absolute atomic E-state index is 0.179. The van der Waals surface area contributed by atoms with Crippen molar-refractivity contribution in [3.63, 3.8) is 0 Å². The van der Waals surface area contributed by atoms with Gasteiger partial charge in [0.2, 0.25) is 0 Å². The van der Waals surface area contributed by atoms with Crippen LogP contribution in [0.15, 0.2) is 0 Å². The molecule has 0 radical (unpaired) electrons. The number of ether oxygens (including phenoxy) is 1. The lowest BCUT2D eigenvalue weighted by molar-refractivity contribution is -0.155. The molecule has 5 atom stereocenters. The Morgan fingerprint density at radius 3 is 2.00 bits per heavy atom. The van der Waals surface area contributed by atoms with Crippen LogP contribution in [0.2, 0.25) is 0 Å². The second-order valence-electron chi connectivity index (χ2n) is 4.97. The number of carbonyl (C=O) groups excluding carboxylic acids is 1. The Balaban J connectivity index is 4.56. The maximum Gasteiger partial charge on any atom is 0.305 e. The molecule has 18 heavy (non-hydrogen) atoms. The van der Waals surface area contributed by atoms with Gasteiger partial charge in [0.15, 0.2) is 0 Å². The zero-order valence-corrected chi connectivity index (χ0v) is 12.2. The Kier molecular flexibility index (Phi) is 8.20. The van der Waals surface area contributed by atoms with Crippen LogP contribution in [0.3, 0.4) is 0 Å². The number of hydrogen-bond acceptors (Lipinski definition) is 4. The third-order valence-electron chi connectivity index (χ3n) is 3.66. The van der Waals surface area contributed by atoms with Crippen molar-refractivity contribution in [1.82, 2.24) is 0 Å². The second kappa shape index (κ2) is 8.48. The highest BCUT2D eigenvalue weighted by Gasteiger charge is 2.32. The van der Waals surface area contributed by atoms with Gasteiger partial charge in [-0.25, -0.2) is 0 Å². The number of carbonyl (C=O) groups is 1. The summed E-state index contributed by atoms with van der Waals surface area (Å²) in [5.74, 6) is -0.648. The summed E-state index contributed by atoms with van der Waals surface area (Å²) < 4.78 is 5.31. The van der Waals surface area contributed by atoms with Crippen molar-refractivity contribution in [1.29, 1.82) is 0 Å². The van der Waals surface area contributed by atoms with Crippen molar-refractivity contribution in [3.8, 4) is 0 Å². The van der Waals surface area contributed by atoms with Gasteiger partial charge < -0.3 is 14.9 Å². The summed E-state index contributed by atoms with van der Waals surface area (Å²) in [6.45, 7) is 9.24. The lowest BCUT2D eigenvalue weighted by atomic mass is 9.84. The molecule has 0 bridgehead atoms. The summed E-state index contributed by atoms with van der Waals surface area (Å²) in [6.07, 6.45) is 0.123. The summed E-state index contributed by atoms with van der Waals surface area (Å²) in [6, 6.07) is 0. The minimum atomic E-state index is -0.672. The molecular weight excluding hydrogens is 232 g/mol. The average Bonchev–Trinajstić information content (AvgIpc) is 2.40. The first kappa shape index (κ1) is 17.4. The normalized spacial score (nSPS) is 19.7. The summed E-state index contributed by atoms with van der Waals surface area (Å²) in [7, 11) is 0. The lowest BCUT2D eigenvalue weighted by Crippen LogP contribution is -2.40. The van der Waals surface area contributed by atoms with Crippen molar-refractivity contribution >= 4 is 5.97 Å². The van der Waals surface area contributed by atoms with Crippen molar-refractivity contribution < 1.29 is 19.7 Å². The van der Waals surface area contributed by atoms with E-state index < -0.39 is 12.2 Å². The molecule has 2 N–H and O–H groups in total. The number of hydrogen-bond donors (Lipinski definition) is 2. The molecule has 0 aromatic heterocycles. The number of aliphatic hydroxyl groups excluding tert-OH is 2. The van der Waals surface area contributed by atoms with Crippen LogP contribution in [-0.4, -0.2) is 34.5 Å². The van der Waals surface area contributed by atoms with E-state index in [0.717, 1.165) is 0 Å². The molecule has 0 amide bonds. The van der Waals surface area contributed by atoms with E-state index >= 15 is 0 Å². The SMILES string of the molecule is CCC(=O)O[C@H](CC)[C@@H](C)[C@H](O)[C@H](C)[C@H](O)CC. The Morgan fingerprint density at radius 1 is 1.06 bits per heavy atom. The van der Waals surface area contributed by atoms with Crippen LogP contribution in [0, 0.1) is 11.8 Å². The maximum atomic E-state index is 11.3. The fourth-order valence-corrected chi connectivity index (χ4v) is 2.11. The molecular formula is C14H28O4. The molecule has 0 unspecified atom stereocenters. The van der Waals surface area contributed by atoms with Gasteiger partial charge in [0.05, 0.1) is 12.2 Å². The average molecular weight is 260 g/mol. The van der Waals surface area contributed by atoms with E-state index in [1.54, 1.807) is 6.92 Å². The predicted molar refractivity (Wildman–Crippen MR) is 71.1 cm³/mol. The lowest BCUT2D eigenvalue weighted by Gasteiger charge is -2.32. The molecule has 0 heterocycles. The van der Waals surface area contributed by atoms with Crippen LogP contribution < -0.4 is 0 Å². The summed E-state index contributed by atoms with van der Waals surface area (Å²) >= 11 is 0. The van der Waals surface area contributed by atoms with Crippen LogP contribution >= 0.6 is 0 Å². The van der Waals surface area contributed by atoms with Crippen LogP contribution in [0.5, 0.6) is 0 Å². The van der Waals surface area contributed by atoms with Crippen molar-refractivity contribution in [3.05, 3.63) is 0 Å². The molecule has 0 saturated heterocycles. The van der Waals surface area contributed by atoms with E-state index in [2.05, 4.69) is 0 Å². The molecule has 108 valence electrons. The highest BCUT2D eigenvalue weighted by atomic mass is 16.5. The number of aliphatic hydroxyl groups is 2. The molecule has 0 aliphatic heterocycles.